The third-order valence-corrected chi connectivity index (χ3v) is 3.88. The summed E-state index contributed by atoms with van der Waals surface area (Å²) < 4.78 is 5.25. The summed E-state index contributed by atoms with van der Waals surface area (Å²) in [5, 5.41) is 19.5. The molecule has 0 spiro atoms. The number of anilines is 1. The number of nitriles is 1. The molecule has 0 amide bonds. The molecule has 0 aliphatic carbocycles. The van der Waals surface area contributed by atoms with Crippen molar-refractivity contribution in [1.29, 1.82) is 5.26 Å². The quantitative estimate of drug-likeness (QED) is 0.839. The molecule has 2 rings (SSSR count). The monoisotopic (exact) mass is 289 g/mol. The molecule has 0 N–H and O–H groups in total. The molecule has 6 nitrogen and oxygen atoms in total. The Morgan fingerprint density at radius 2 is 2.25 bits per heavy atom. The van der Waals surface area contributed by atoms with Crippen LogP contribution in [0.3, 0.4) is 0 Å². The number of aromatic nitrogens is 3. The normalized spacial score (nSPS) is 11.9. The molecule has 1 unspecified atom stereocenters. The molecule has 104 valence electrons. The van der Waals surface area contributed by atoms with E-state index in [0.717, 1.165) is 10.7 Å². The molecule has 0 radical (unpaired) electrons. The average molecular weight is 289 g/mol. The Balaban J connectivity index is 2.05. The Bertz CT molecular complexity index is 604. The van der Waals surface area contributed by atoms with Crippen LogP contribution < -0.4 is 4.90 Å². The summed E-state index contributed by atoms with van der Waals surface area (Å²) in [4.78, 5) is 6.47. The molecule has 0 aliphatic rings. The van der Waals surface area contributed by atoms with Crippen molar-refractivity contribution in [2.45, 2.75) is 19.6 Å². The van der Waals surface area contributed by atoms with Crippen molar-refractivity contribution in [2.24, 2.45) is 0 Å². The Labute approximate surface area is 121 Å². The van der Waals surface area contributed by atoms with Gasteiger partial charge >= 0.3 is 0 Å². The summed E-state index contributed by atoms with van der Waals surface area (Å²) in [7, 11) is 3.58. The molecule has 0 bridgehead atoms. The van der Waals surface area contributed by atoms with Crippen molar-refractivity contribution in [1.82, 2.24) is 15.2 Å². The fourth-order valence-corrected chi connectivity index (χ4v) is 2.44. The Morgan fingerprint density at radius 1 is 1.45 bits per heavy atom. The zero-order chi connectivity index (χ0) is 14.5. The predicted molar refractivity (Wildman–Crippen MR) is 76.4 cm³/mol. The second-order valence-corrected chi connectivity index (χ2v) is 5.19. The van der Waals surface area contributed by atoms with E-state index >= 15 is 0 Å². The maximum atomic E-state index is 8.69. The van der Waals surface area contributed by atoms with Gasteiger partial charge in [-0.15, -0.1) is 21.5 Å². The van der Waals surface area contributed by atoms with Crippen molar-refractivity contribution in [2.75, 3.05) is 19.1 Å². The molecule has 0 fully saturated rings. The maximum Gasteiger partial charge on any atom is 0.163 e. The van der Waals surface area contributed by atoms with E-state index in [-0.39, 0.29) is 6.10 Å². The summed E-state index contributed by atoms with van der Waals surface area (Å²) in [6.07, 6.45) is 0.00811. The van der Waals surface area contributed by atoms with Crippen LogP contribution in [0.4, 0.5) is 5.82 Å². The van der Waals surface area contributed by atoms with Crippen molar-refractivity contribution < 1.29 is 4.74 Å². The van der Waals surface area contributed by atoms with E-state index in [2.05, 4.69) is 15.2 Å². The molecule has 20 heavy (non-hydrogen) atoms. The minimum absolute atomic E-state index is 0.00811. The highest BCUT2D eigenvalue weighted by Crippen LogP contribution is 2.21. The van der Waals surface area contributed by atoms with Crippen molar-refractivity contribution in [3.8, 4) is 6.07 Å². The first kappa shape index (κ1) is 14.4. The number of nitrogens with zero attached hydrogens (tertiary/aromatic N) is 5. The van der Waals surface area contributed by atoms with E-state index in [4.69, 9.17) is 10.00 Å². The van der Waals surface area contributed by atoms with Crippen molar-refractivity contribution in [3.63, 3.8) is 0 Å². The van der Waals surface area contributed by atoms with Gasteiger partial charge in [0.2, 0.25) is 0 Å². The third-order valence-electron chi connectivity index (χ3n) is 2.83. The molecule has 2 aromatic rings. The van der Waals surface area contributed by atoms with E-state index in [1.54, 1.807) is 30.6 Å². The van der Waals surface area contributed by atoms with Crippen molar-refractivity contribution in [3.05, 3.63) is 33.9 Å². The largest absolute Gasteiger partial charge is 0.375 e. The summed E-state index contributed by atoms with van der Waals surface area (Å²) in [6.45, 7) is 2.60. The zero-order valence-corrected chi connectivity index (χ0v) is 12.4. The van der Waals surface area contributed by atoms with Crippen LogP contribution in [0.5, 0.6) is 0 Å². The van der Waals surface area contributed by atoms with E-state index < -0.39 is 0 Å². The molecule has 1 atom stereocenters. The van der Waals surface area contributed by atoms with Crippen LogP contribution in [0, 0.1) is 11.3 Å². The van der Waals surface area contributed by atoms with Gasteiger partial charge in [0.1, 0.15) is 17.2 Å². The van der Waals surface area contributed by atoms with E-state index in [9.17, 15) is 0 Å². The predicted octanol–water partition coefficient (Wildman–Crippen LogP) is 2.15. The van der Waals surface area contributed by atoms with Crippen LogP contribution >= 0.6 is 11.3 Å². The first-order chi connectivity index (χ1) is 9.63. The van der Waals surface area contributed by atoms with Gasteiger partial charge in [-0.2, -0.15) is 5.26 Å². The number of methoxy groups -OCH3 is 1. The summed E-state index contributed by atoms with van der Waals surface area (Å²) >= 11 is 1.58. The molecule has 0 saturated heterocycles. The molecular weight excluding hydrogens is 274 g/mol. The number of hydrogen-bond donors (Lipinski definition) is 0. The highest BCUT2D eigenvalue weighted by Gasteiger charge is 2.11. The van der Waals surface area contributed by atoms with Crippen LogP contribution in [-0.2, 0) is 11.3 Å². The Kier molecular flexibility index (Phi) is 4.61. The lowest BCUT2D eigenvalue weighted by molar-refractivity contribution is 0.119. The highest BCUT2D eigenvalue weighted by molar-refractivity contribution is 7.09. The average Bonchev–Trinajstić information content (AvgIpc) is 2.95. The van der Waals surface area contributed by atoms with Crippen LogP contribution in [0.25, 0.3) is 0 Å². The fraction of sp³-hybridized carbons (Fsp3) is 0.385. The lowest BCUT2D eigenvalue weighted by Crippen LogP contribution is -2.18. The van der Waals surface area contributed by atoms with Gasteiger partial charge in [-0.3, -0.25) is 0 Å². The zero-order valence-electron chi connectivity index (χ0n) is 11.6. The smallest absolute Gasteiger partial charge is 0.163 e. The van der Waals surface area contributed by atoms with Gasteiger partial charge in [0, 0.05) is 19.5 Å². The number of hydrogen-bond acceptors (Lipinski definition) is 7. The molecule has 2 heterocycles. The highest BCUT2D eigenvalue weighted by atomic mass is 32.1. The first-order valence-electron chi connectivity index (χ1n) is 6.06. The van der Waals surface area contributed by atoms with Gasteiger partial charge < -0.3 is 9.64 Å². The van der Waals surface area contributed by atoms with Gasteiger partial charge in [-0.25, -0.2) is 4.98 Å². The number of rotatable bonds is 5. The molecule has 0 aliphatic heterocycles. The van der Waals surface area contributed by atoms with Gasteiger partial charge in [-0.1, -0.05) is 0 Å². The number of ether oxygens (including phenoxy) is 1. The molecule has 0 saturated carbocycles. The van der Waals surface area contributed by atoms with E-state index in [1.165, 1.54) is 0 Å². The van der Waals surface area contributed by atoms with Gasteiger partial charge in [-0.05, 0) is 19.1 Å². The van der Waals surface area contributed by atoms with Crippen LogP contribution in [0.2, 0.25) is 0 Å². The first-order valence-corrected chi connectivity index (χ1v) is 6.94. The Hall–Kier alpha value is -2.04. The topological polar surface area (TPSA) is 74.9 Å². The van der Waals surface area contributed by atoms with Gasteiger partial charge in [0.25, 0.3) is 0 Å². The SMILES string of the molecule is COC(C)c1nc(CN(C)c2ccc(C#N)nn2)cs1. The fourth-order valence-electron chi connectivity index (χ4n) is 1.60. The van der Waals surface area contributed by atoms with Crippen LogP contribution in [0.1, 0.15) is 29.4 Å². The summed E-state index contributed by atoms with van der Waals surface area (Å²) in [5.41, 5.74) is 1.27. The lowest BCUT2D eigenvalue weighted by Gasteiger charge is -2.15. The Morgan fingerprint density at radius 3 is 2.85 bits per heavy atom. The van der Waals surface area contributed by atoms with Crippen molar-refractivity contribution >= 4 is 17.2 Å². The van der Waals surface area contributed by atoms with Crippen LogP contribution in [0.15, 0.2) is 17.5 Å². The van der Waals surface area contributed by atoms with Gasteiger partial charge in [0.05, 0.1) is 12.2 Å². The molecule has 0 aromatic carbocycles. The number of thiazole rings is 1. The maximum absolute atomic E-state index is 8.69. The van der Waals surface area contributed by atoms with Crippen LogP contribution in [-0.4, -0.2) is 29.3 Å². The van der Waals surface area contributed by atoms with E-state index in [1.807, 2.05) is 30.3 Å². The lowest BCUT2D eigenvalue weighted by atomic mass is 10.3. The molecule has 7 heteroatoms. The summed E-state index contributed by atoms with van der Waals surface area (Å²) in [5.74, 6) is 0.707. The third kappa shape index (κ3) is 3.29. The minimum atomic E-state index is 0.00811. The second kappa shape index (κ2) is 6.41. The van der Waals surface area contributed by atoms with E-state index in [0.29, 0.717) is 18.1 Å². The molecular formula is C13H15N5OS. The second-order valence-electron chi connectivity index (χ2n) is 4.30. The summed E-state index contributed by atoms with van der Waals surface area (Å²) in [6, 6.07) is 5.37. The standard InChI is InChI=1S/C13H15N5OS/c1-9(19-3)13-15-11(8-20-13)7-18(2)12-5-4-10(6-14)16-17-12/h4-5,8-9H,7H2,1-3H3. The molecule has 2 aromatic heterocycles. The minimum Gasteiger partial charge on any atom is -0.375 e. The van der Waals surface area contributed by atoms with Gasteiger partial charge in [0.15, 0.2) is 11.5 Å².